The lowest BCUT2D eigenvalue weighted by Crippen LogP contribution is -2.27. The molecule has 0 spiro atoms. The first-order valence-electron chi connectivity index (χ1n) is 13.2. The van der Waals surface area contributed by atoms with Gasteiger partial charge in [-0.2, -0.15) is 0 Å². The summed E-state index contributed by atoms with van der Waals surface area (Å²) in [7, 11) is 3.70. The van der Waals surface area contributed by atoms with Gasteiger partial charge in [0.05, 0.1) is 23.0 Å². The number of rotatable bonds is 5. The molecule has 0 aliphatic carbocycles. The van der Waals surface area contributed by atoms with Gasteiger partial charge in [-0.15, -0.1) is 0 Å². The van der Waals surface area contributed by atoms with E-state index in [9.17, 15) is 9.18 Å². The molecule has 0 amide bonds. The van der Waals surface area contributed by atoms with Crippen molar-refractivity contribution in [2.45, 2.75) is 6.42 Å². The Morgan fingerprint density at radius 2 is 1.66 bits per heavy atom. The molecular formula is C31H28FN5O4. The molecule has 9 nitrogen and oxygen atoms in total. The smallest absolute Gasteiger partial charge is 0.262 e. The summed E-state index contributed by atoms with van der Waals surface area (Å²) in [6, 6.07) is 15.2. The second-order valence-corrected chi connectivity index (χ2v) is 9.86. The maximum absolute atomic E-state index is 13.2. The Labute approximate surface area is 235 Å². The lowest BCUT2D eigenvalue weighted by Gasteiger charge is -2.14. The van der Waals surface area contributed by atoms with Crippen LogP contribution in [0.25, 0.3) is 22.2 Å². The third-order valence-electron chi connectivity index (χ3n) is 7.01. The SMILES string of the molecule is CN1CCOc2cc3nccc(Oc4ccc(-c5cnc(Cc6ccc(F)cc6)n(C)c5=O)nc4)c3cc2OCC1. The molecule has 0 bridgehead atoms. The molecule has 6 rings (SSSR count). The number of nitrogens with zero attached hydrogens (tertiary/aromatic N) is 5. The maximum atomic E-state index is 13.2. The first-order chi connectivity index (χ1) is 19.9. The van der Waals surface area contributed by atoms with E-state index in [1.54, 1.807) is 49.8 Å². The van der Waals surface area contributed by atoms with E-state index < -0.39 is 0 Å². The highest BCUT2D eigenvalue weighted by atomic mass is 19.1. The topological polar surface area (TPSA) is 91.6 Å². The average Bonchev–Trinajstić information content (AvgIpc) is 3.06. The van der Waals surface area contributed by atoms with Crippen LogP contribution in [0.15, 0.2) is 78.0 Å². The molecule has 3 aromatic heterocycles. The van der Waals surface area contributed by atoms with Crippen molar-refractivity contribution in [3.05, 3.63) is 101 Å². The summed E-state index contributed by atoms with van der Waals surface area (Å²) in [5.41, 5.74) is 2.20. The van der Waals surface area contributed by atoms with Crippen LogP contribution < -0.4 is 19.8 Å². The van der Waals surface area contributed by atoms with Crippen molar-refractivity contribution in [3.8, 4) is 34.3 Å². The molecule has 4 heterocycles. The van der Waals surface area contributed by atoms with Gasteiger partial charge in [0.15, 0.2) is 11.5 Å². The van der Waals surface area contributed by atoms with Gasteiger partial charge in [-0.05, 0) is 49.0 Å². The normalized spacial score (nSPS) is 13.8. The third-order valence-corrected chi connectivity index (χ3v) is 7.01. The molecule has 5 aromatic rings. The Bertz CT molecular complexity index is 1760. The maximum Gasteiger partial charge on any atom is 0.262 e. The monoisotopic (exact) mass is 553 g/mol. The number of ether oxygens (including phenoxy) is 3. The van der Waals surface area contributed by atoms with Crippen LogP contribution in [0.5, 0.6) is 23.0 Å². The minimum absolute atomic E-state index is 0.223. The Morgan fingerprint density at radius 3 is 2.39 bits per heavy atom. The molecule has 0 unspecified atom stereocenters. The largest absolute Gasteiger partial charge is 0.488 e. The lowest BCUT2D eigenvalue weighted by molar-refractivity contribution is 0.228. The van der Waals surface area contributed by atoms with Gasteiger partial charge in [0.25, 0.3) is 5.56 Å². The van der Waals surface area contributed by atoms with Crippen molar-refractivity contribution < 1.29 is 18.6 Å². The number of hydrogen-bond acceptors (Lipinski definition) is 8. The van der Waals surface area contributed by atoms with Gasteiger partial charge in [-0.25, -0.2) is 9.37 Å². The fourth-order valence-electron chi connectivity index (χ4n) is 4.61. The average molecular weight is 554 g/mol. The van der Waals surface area contributed by atoms with Gasteiger partial charge in [-0.3, -0.25) is 24.2 Å². The van der Waals surface area contributed by atoms with E-state index in [1.165, 1.54) is 22.9 Å². The van der Waals surface area contributed by atoms with Gasteiger partial charge >= 0.3 is 0 Å². The van der Waals surface area contributed by atoms with Gasteiger partial charge in [0, 0.05) is 50.4 Å². The predicted molar refractivity (Wildman–Crippen MR) is 152 cm³/mol. The summed E-state index contributed by atoms with van der Waals surface area (Å²) in [4.78, 5) is 28.7. The standard InChI is InChI=1S/C31H28FN5O4/c1-36-11-13-39-28-16-23-26(17-29(28)40-14-12-36)33-10-9-27(23)41-22-7-8-25(34-18-22)24-19-35-30(37(2)31(24)38)15-20-3-5-21(32)6-4-20/h3-10,16-19H,11-15H2,1-2H3. The first-order valence-corrected chi connectivity index (χ1v) is 13.2. The third kappa shape index (κ3) is 5.73. The van der Waals surface area contributed by atoms with Crippen LogP contribution in [-0.4, -0.2) is 57.8 Å². The summed E-state index contributed by atoms with van der Waals surface area (Å²) in [5.74, 6) is 2.66. The van der Waals surface area contributed by atoms with Gasteiger partial charge < -0.3 is 14.2 Å². The number of likely N-dealkylation sites (N-methyl/N-ethyl adjacent to an activating group) is 1. The highest BCUT2D eigenvalue weighted by Gasteiger charge is 2.16. The van der Waals surface area contributed by atoms with Crippen molar-refractivity contribution >= 4 is 10.9 Å². The van der Waals surface area contributed by atoms with E-state index in [4.69, 9.17) is 14.2 Å². The van der Waals surface area contributed by atoms with E-state index in [2.05, 4.69) is 19.9 Å². The van der Waals surface area contributed by atoms with E-state index in [0.717, 1.165) is 29.6 Å². The Balaban J connectivity index is 1.23. The van der Waals surface area contributed by atoms with Crippen LogP contribution in [-0.2, 0) is 13.5 Å². The minimum atomic E-state index is -0.307. The fraction of sp³-hybridized carbons (Fsp3) is 0.226. The van der Waals surface area contributed by atoms with E-state index in [1.807, 2.05) is 19.2 Å². The summed E-state index contributed by atoms with van der Waals surface area (Å²) in [5, 5.41) is 0.779. The Kier molecular flexibility index (Phi) is 7.30. The second kappa shape index (κ2) is 11.3. The molecule has 10 heteroatoms. The van der Waals surface area contributed by atoms with Gasteiger partial charge in [0.1, 0.15) is 36.4 Å². The molecule has 0 N–H and O–H groups in total. The minimum Gasteiger partial charge on any atom is -0.488 e. The lowest BCUT2D eigenvalue weighted by atomic mass is 10.1. The molecule has 2 aromatic carbocycles. The van der Waals surface area contributed by atoms with Crippen LogP contribution in [0.3, 0.4) is 0 Å². The van der Waals surface area contributed by atoms with Crippen molar-refractivity contribution in [3.63, 3.8) is 0 Å². The number of hydrogen-bond donors (Lipinski definition) is 0. The molecule has 0 fully saturated rings. The van der Waals surface area contributed by atoms with Crippen LogP contribution >= 0.6 is 0 Å². The molecule has 1 aliphatic rings. The van der Waals surface area contributed by atoms with Crippen LogP contribution in [0.1, 0.15) is 11.4 Å². The summed E-state index contributed by atoms with van der Waals surface area (Å²) in [6.45, 7) is 2.71. The number of halogens is 1. The number of aromatic nitrogens is 4. The summed E-state index contributed by atoms with van der Waals surface area (Å²) in [6.07, 6.45) is 5.18. The number of benzene rings is 2. The van der Waals surface area contributed by atoms with Gasteiger partial charge in [0.2, 0.25) is 0 Å². The van der Waals surface area contributed by atoms with E-state index >= 15 is 0 Å². The van der Waals surface area contributed by atoms with Crippen molar-refractivity contribution in [2.75, 3.05) is 33.4 Å². The highest BCUT2D eigenvalue weighted by molar-refractivity contribution is 5.88. The molecular weight excluding hydrogens is 525 g/mol. The fourth-order valence-corrected chi connectivity index (χ4v) is 4.61. The molecule has 0 atom stereocenters. The Hall–Kier alpha value is -4.83. The van der Waals surface area contributed by atoms with Crippen molar-refractivity contribution in [1.82, 2.24) is 24.4 Å². The zero-order valence-corrected chi connectivity index (χ0v) is 22.7. The highest BCUT2D eigenvalue weighted by Crippen LogP contribution is 2.37. The van der Waals surface area contributed by atoms with Crippen LogP contribution in [0.2, 0.25) is 0 Å². The number of pyridine rings is 2. The molecule has 0 radical (unpaired) electrons. The first kappa shape index (κ1) is 26.4. The van der Waals surface area contributed by atoms with E-state index in [-0.39, 0.29) is 11.4 Å². The van der Waals surface area contributed by atoms with Gasteiger partial charge in [-0.1, -0.05) is 12.1 Å². The predicted octanol–water partition coefficient (Wildman–Crippen LogP) is 4.62. The summed E-state index contributed by atoms with van der Waals surface area (Å²) >= 11 is 0. The van der Waals surface area contributed by atoms with Crippen LogP contribution in [0.4, 0.5) is 4.39 Å². The molecule has 208 valence electrons. The van der Waals surface area contributed by atoms with E-state index in [0.29, 0.717) is 59.7 Å². The molecule has 1 aliphatic heterocycles. The zero-order valence-electron chi connectivity index (χ0n) is 22.7. The molecule has 0 saturated heterocycles. The quantitative estimate of drug-likeness (QED) is 0.312. The second-order valence-electron chi connectivity index (χ2n) is 9.86. The molecule has 0 saturated carbocycles. The van der Waals surface area contributed by atoms with Crippen molar-refractivity contribution in [1.29, 1.82) is 0 Å². The molecule has 41 heavy (non-hydrogen) atoms. The Morgan fingerprint density at radius 1 is 0.902 bits per heavy atom. The zero-order chi connectivity index (χ0) is 28.3. The number of fused-ring (bicyclic) bond motifs is 2. The van der Waals surface area contributed by atoms with Crippen molar-refractivity contribution in [2.24, 2.45) is 7.05 Å². The van der Waals surface area contributed by atoms with Crippen LogP contribution in [0, 0.1) is 5.82 Å². The summed E-state index contributed by atoms with van der Waals surface area (Å²) < 4.78 is 32.9.